The molecule has 22 heavy (non-hydrogen) atoms. The third-order valence-electron chi connectivity index (χ3n) is 4.02. The molecule has 1 spiro atoms. The highest BCUT2D eigenvalue weighted by molar-refractivity contribution is 7.15. The van der Waals surface area contributed by atoms with Crippen molar-refractivity contribution in [2.45, 2.75) is 31.5 Å². The molecule has 7 nitrogen and oxygen atoms in total. The first-order valence-electron chi connectivity index (χ1n) is 7.34. The Bertz CT molecular complexity index is 644. The van der Waals surface area contributed by atoms with E-state index >= 15 is 0 Å². The van der Waals surface area contributed by atoms with Crippen LogP contribution in [0.1, 0.15) is 17.8 Å². The van der Waals surface area contributed by atoms with Crippen molar-refractivity contribution in [3.05, 3.63) is 23.6 Å². The topological polar surface area (TPSA) is 73.3 Å². The van der Waals surface area contributed by atoms with E-state index in [1.165, 1.54) is 0 Å². The van der Waals surface area contributed by atoms with E-state index in [2.05, 4.69) is 25.1 Å². The maximum absolute atomic E-state index is 6.03. The van der Waals surface area contributed by atoms with Crippen molar-refractivity contribution in [2.75, 3.05) is 24.6 Å². The summed E-state index contributed by atoms with van der Waals surface area (Å²) in [5.74, 6) is 0.584. The maximum Gasteiger partial charge on any atom is 0.232 e. The van der Waals surface area contributed by atoms with Crippen LogP contribution in [0.2, 0.25) is 0 Å². The van der Waals surface area contributed by atoms with Crippen LogP contribution in [0.5, 0.6) is 5.88 Å². The monoisotopic (exact) mass is 319 g/mol. The molecule has 2 aliphatic rings. The number of hydrogen-bond acceptors (Lipinski definition) is 8. The van der Waals surface area contributed by atoms with Crippen LogP contribution in [0.25, 0.3) is 0 Å². The van der Waals surface area contributed by atoms with Gasteiger partial charge >= 0.3 is 0 Å². The molecule has 0 unspecified atom stereocenters. The molecule has 0 amide bonds. The molecular weight excluding hydrogens is 302 g/mol. The van der Waals surface area contributed by atoms with E-state index in [0.29, 0.717) is 12.5 Å². The lowest BCUT2D eigenvalue weighted by Gasteiger charge is -2.52. The van der Waals surface area contributed by atoms with Crippen LogP contribution in [-0.4, -0.2) is 51.6 Å². The Morgan fingerprint density at radius 3 is 3.00 bits per heavy atom. The van der Waals surface area contributed by atoms with Gasteiger partial charge in [0.1, 0.15) is 16.7 Å². The minimum absolute atomic E-state index is 0.120. The second-order valence-corrected chi connectivity index (χ2v) is 6.93. The van der Waals surface area contributed by atoms with Crippen molar-refractivity contribution in [2.24, 2.45) is 0 Å². The van der Waals surface area contributed by atoms with Gasteiger partial charge in [-0.1, -0.05) is 11.3 Å². The number of nitrogens with zero attached hydrogens (tertiary/aromatic N) is 5. The zero-order valence-corrected chi connectivity index (χ0v) is 13.1. The number of ether oxygens (including phenoxy) is 2. The Hall–Kier alpha value is -1.80. The molecule has 0 saturated carbocycles. The fourth-order valence-electron chi connectivity index (χ4n) is 3.02. The lowest BCUT2D eigenvalue weighted by atomic mass is 9.85. The number of rotatable bonds is 3. The van der Waals surface area contributed by atoms with Crippen LogP contribution >= 0.6 is 11.3 Å². The van der Waals surface area contributed by atoms with Crippen LogP contribution < -0.4 is 9.64 Å². The summed E-state index contributed by atoms with van der Waals surface area (Å²) in [7, 11) is 0. The second-order valence-electron chi connectivity index (χ2n) is 5.77. The highest BCUT2D eigenvalue weighted by Gasteiger charge is 2.49. The number of aryl methyl sites for hydroxylation is 1. The minimum Gasteiger partial charge on any atom is -0.473 e. The standard InChI is InChI=1S/C14H17N5O2S/c1-10-17-18-13(22-10)19-8-14(9-19)6-11(2-5-20-14)21-12-7-15-3-4-16-12/h3-4,7,11H,2,5-6,8-9H2,1H3/t11-/m1/s1. The van der Waals surface area contributed by atoms with Crippen LogP contribution in [0.15, 0.2) is 18.6 Å². The van der Waals surface area contributed by atoms with Crippen LogP contribution in [0, 0.1) is 6.92 Å². The summed E-state index contributed by atoms with van der Waals surface area (Å²) in [6.45, 7) is 4.39. The largest absolute Gasteiger partial charge is 0.473 e. The van der Waals surface area contributed by atoms with Crippen molar-refractivity contribution in [1.82, 2.24) is 20.2 Å². The Labute approximate surface area is 132 Å². The molecule has 116 valence electrons. The summed E-state index contributed by atoms with van der Waals surface area (Å²) >= 11 is 1.62. The molecule has 4 rings (SSSR count). The van der Waals surface area contributed by atoms with Gasteiger partial charge in [-0.25, -0.2) is 4.98 Å². The van der Waals surface area contributed by atoms with Gasteiger partial charge in [-0.3, -0.25) is 4.98 Å². The minimum atomic E-state index is -0.120. The highest BCUT2D eigenvalue weighted by atomic mass is 32.1. The van der Waals surface area contributed by atoms with Gasteiger partial charge in [0.15, 0.2) is 0 Å². The Balaban J connectivity index is 1.38. The lowest BCUT2D eigenvalue weighted by molar-refractivity contribution is -0.126. The number of aromatic nitrogens is 4. The van der Waals surface area contributed by atoms with Gasteiger partial charge in [-0.2, -0.15) is 0 Å². The molecule has 1 atom stereocenters. The molecule has 0 bridgehead atoms. The van der Waals surface area contributed by atoms with Gasteiger partial charge in [0.25, 0.3) is 0 Å². The first-order valence-corrected chi connectivity index (χ1v) is 8.16. The number of hydrogen-bond donors (Lipinski definition) is 0. The van der Waals surface area contributed by atoms with Crippen molar-refractivity contribution < 1.29 is 9.47 Å². The summed E-state index contributed by atoms with van der Waals surface area (Å²) in [6, 6.07) is 0. The van der Waals surface area contributed by atoms with Gasteiger partial charge in [0.05, 0.1) is 25.9 Å². The molecule has 2 aromatic rings. The van der Waals surface area contributed by atoms with Gasteiger partial charge in [0.2, 0.25) is 11.0 Å². The van der Waals surface area contributed by atoms with Gasteiger partial charge in [-0.15, -0.1) is 10.2 Å². The zero-order chi connectivity index (χ0) is 15.0. The van der Waals surface area contributed by atoms with Crippen molar-refractivity contribution in [3.8, 4) is 5.88 Å². The predicted octanol–water partition coefficient (Wildman–Crippen LogP) is 1.45. The second kappa shape index (κ2) is 5.44. The summed E-state index contributed by atoms with van der Waals surface area (Å²) in [5.41, 5.74) is -0.120. The van der Waals surface area contributed by atoms with E-state index in [0.717, 1.165) is 36.1 Å². The summed E-state index contributed by atoms with van der Waals surface area (Å²) in [4.78, 5) is 10.4. The van der Waals surface area contributed by atoms with Crippen molar-refractivity contribution >= 4 is 16.5 Å². The van der Waals surface area contributed by atoms with Crippen LogP contribution in [0.4, 0.5) is 5.13 Å². The van der Waals surface area contributed by atoms with E-state index in [1.54, 1.807) is 29.9 Å². The Morgan fingerprint density at radius 2 is 2.27 bits per heavy atom. The van der Waals surface area contributed by atoms with Crippen molar-refractivity contribution in [3.63, 3.8) is 0 Å². The maximum atomic E-state index is 6.03. The Morgan fingerprint density at radius 1 is 1.36 bits per heavy atom. The predicted molar refractivity (Wildman–Crippen MR) is 81.2 cm³/mol. The third kappa shape index (κ3) is 2.64. The van der Waals surface area contributed by atoms with Crippen LogP contribution in [0.3, 0.4) is 0 Å². The highest BCUT2D eigenvalue weighted by Crippen LogP contribution is 2.38. The summed E-state index contributed by atoms with van der Waals surface area (Å²) in [5, 5.41) is 10.2. The molecule has 0 radical (unpaired) electrons. The van der Waals surface area contributed by atoms with Gasteiger partial charge < -0.3 is 14.4 Å². The molecule has 4 heterocycles. The van der Waals surface area contributed by atoms with E-state index in [1.807, 2.05) is 6.92 Å². The fraction of sp³-hybridized carbons (Fsp3) is 0.571. The molecule has 0 N–H and O–H groups in total. The Kier molecular flexibility index (Phi) is 3.42. The molecule has 2 aromatic heterocycles. The molecule has 0 aromatic carbocycles. The average Bonchev–Trinajstić information content (AvgIpc) is 2.92. The summed E-state index contributed by atoms with van der Waals surface area (Å²) in [6.07, 6.45) is 6.83. The molecular formula is C14H17N5O2S. The zero-order valence-electron chi connectivity index (χ0n) is 12.3. The first kappa shape index (κ1) is 13.8. The van der Waals surface area contributed by atoms with Gasteiger partial charge in [0, 0.05) is 25.2 Å². The molecule has 8 heteroatoms. The normalized spacial score (nSPS) is 23.3. The van der Waals surface area contributed by atoms with Crippen molar-refractivity contribution in [1.29, 1.82) is 0 Å². The molecule has 2 saturated heterocycles. The average molecular weight is 319 g/mol. The fourth-order valence-corrected chi connectivity index (χ4v) is 3.71. The molecule has 0 aliphatic carbocycles. The third-order valence-corrected chi connectivity index (χ3v) is 4.92. The number of anilines is 1. The van der Waals surface area contributed by atoms with E-state index < -0.39 is 0 Å². The van der Waals surface area contributed by atoms with E-state index in [9.17, 15) is 0 Å². The summed E-state index contributed by atoms with van der Waals surface area (Å²) < 4.78 is 12.0. The van der Waals surface area contributed by atoms with Gasteiger partial charge in [-0.05, 0) is 6.92 Å². The quantitative estimate of drug-likeness (QED) is 0.848. The first-order chi connectivity index (χ1) is 10.7. The van der Waals surface area contributed by atoms with E-state index in [-0.39, 0.29) is 11.7 Å². The molecule has 2 aliphatic heterocycles. The molecule has 2 fully saturated rings. The van der Waals surface area contributed by atoms with Crippen LogP contribution in [-0.2, 0) is 4.74 Å². The van der Waals surface area contributed by atoms with E-state index in [4.69, 9.17) is 9.47 Å². The smallest absolute Gasteiger partial charge is 0.232 e. The SMILES string of the molecule is Cc1nnc(N2CC3(C[C@H](Oc4cnccn4)CCO3)C2)s1. The lowest BCUT2D eigenvalue weighted by Crippen LogP contribution is -2.66.